The average molecular weight is 290 g/mol. The molecule has 0 aromatic heterocycles. The van der Waals surface area contributed by atoms with E-state index in [1.165, 1.54) is 0 Å². The van der Waals surface area contributed by atoms with Gasteiger partial charge < -0.3 is 15.2 Å². The molecule has 0 amide bonds. The van der Waals surface area contributed by atoms with Gasteiger partial charge in [-0.3, -0.25) is 0 Å². The van der Waals surface area contributed by atoms with Crippen LogP contribution in [-0.4, -0.2) is 10.7 Å². The second-order valence-corrected chi connectivity index (χ2v) is 5.89. The molecule has 2 aromatic carbocycles. The van der Waals surface area contributed by atoms with Crippen LogP contribution in [0.25, 0.3) is 0 Å². The summed E-state index contributed by atoms with van der Waals surface area (Å²) in [6.45, 7) is 4.10. The number of anilines is 1. The van der Waals surface area contributed by atoms with Crippen molar-refractivity contribution >= 4 is 17.3 Å². The highest BCUT2D eigenvalue weighted by atomic mass is 35.5. The lowest BCUT2D eigenvalue weighted by atomic mass is 9.94. The standard InChI is InChI=1S/C16H16ClNO2/c1-16(2)15(11-5-3-4-6-14(11)20-16)18-10-7-8-13(19)12(17)9-10/h3-9,15,18-19H,1-2H3. The van der Waals surface area contributed by atoms with Crippen molar-refractivity contribution in [3.8, 4) is 11.5 Å². The van der Waals surface area contributed by atoms with E-state index in [2.05, 4.69) is 11.4 Å². The van der Waals surface area contributed by atoms with Gasteiger partial charge in [-0.25, -0.2) is 0 Å². The predicted molar refractivity (Wildman–Crippen MR) is 80.6 cm³/mol. The Bertz CT molecular complexity index is 655. The maximum atomic E-state index is 9.48. The zero-order valence-corrected chi connectivity index (χ0v) is 12.1. The van der Waals surface area contributed by atoms with E-state index in [1.807, 2.05) is 32.0 Å². The third-order valence-corrected chi connectivity index (χ3v) is 3.86. The fraction of sp³-hybridized carbons (Fsp3) is 0.250. The van der Waals surface area contributed by atoms with Crippen molar-refractivity contribution in [2.24, 2.45) is 0 Å². The van der Waals surface area contributed by atoms with Gasteiger partial charge in [0, 0.05) is 11.3 Å². The van der Waals surface area contributed by atoms with Crippen LogP contribution in [0.5, 0.6) is 11.5 Å². The lowest BCUT2D eigenvalue weighted by Crippen LogP contribution is -2.34. The van der Waals surface area contributed by atoms with Gasteiger partial charge in [0.25, 0.3) is 0 Å². The summed E-state index contributed by atoms with van der Waals surface area (Å²) in [5.41, 5.74) is 1.63. The second-order valence-electron chi connectivity index (χ2n) is 5.49. The summed E-state index contributed by atoms with van der Waals surface area (Å²) in [6, 6.07) is 13.1. The minimum Gasteiger partial charge on any atom is -0.506 e. The number of hydrogen-bond acceptors (Lipinski definition) is 3. The number of ether oxygens (including phenoxy) is 1. The summed E-state index contributed by atoms with van der Waals surface area (Å²) >= 11 is 5.95. The molecule has 3 nitrogen and oxygen atoms in total. The molecule has 0 saturated carbocycles. The second kappa shape index (κ2) is 4.60. The van der Waals surface area contributed by atoms with Gasteiger partial charge >= 0.3 is 0 Å². The number of fused-ring (bicyclic) bond motifs is 1. The molecule has 0 saturated heterocycles. The zero-order chi connectivity index (χ0) is 14.3. The maximum Gasteiger partial charge on any atom is 0.134 e. The van der Waals surface area contributed by atoms with Gasteiger partial charge in [0.15, 0.2) is 0 Å². The van der Waals surface area contributed by atoms with E-state index in [0.717, 1.165) is 17.0 Å². The maximum absolute atomic E-state index is 9.48. The van der Waals surface area contributed by atoms with Crippen LogP contribution < -0.4 is 10.1 Å². The quantitative estimate of drug-likeness (QED) is 0.807. The Morgan fingerprint density at radius 3 is 2.70 bits per heavy atom. The van der Waals surface area contributed by atoms with E-state index >= 15 is 0 Å². The van der Waals surface area contributed by atoms with Crippen molar-refractivity contribution in [1.29, 1.82) is 0 Å². The summed E-state index contributed by atoms with van der Waals surface area (Å²) in [5, 5.41) is 13.2. The number of phenols is 1. The summed E-state index contributed by atoms with van der Waals surface area (Å²) in [5.74, 6) is 0.986. The van der Waals surface area contributed by atoms with Gasteiger partial charge in [-0.1, -0.05) is 29.8 Å². The summed E-state index contributed by atoms with van der Waals surface area (Å²) in [6.07, 6.45) is 0. The molecule has 2 N–H and O–H groups in total. The number of benzene rings is 2. The van der Waals surface area contributed by atoms with Crippen LogP contribution in [-0.2, 0) is 0 Å². The van der Waals surface area contributed by atoms with Crippen LogP contribution in [0.4, 0.5) is 5.69 Å². The number of para-hydroxylation sites is 1. The zero-order valence-electron chi connectivity index (χ0n) is 11.4. The average Bonchev–Trinajstić information content (AvgIpc) is 2.65. The first-order chi connectivity index (χ1) is 9.47. The number of hydrogen-bond donors (Lipinski definition) is 2. The molecule has 0 bridgehead atoms. The van der Waals surface area contributed by atoms with E-state index in [4.69, 9.17) is 16.3 Å². The number of phenolic OH excluding ortho intramolecular Hbond substituents is 1. The summed E-state index contributed by atoms with van der Waals surface area (Å²) in [7, 11) is 0. The lowest BCUT2D eigenvalue weighted by Gasteiger charge is -2.28. The molecule has 104 valence electrons. The molecule has 0 fully saturated rings. The molecule has 0 aliphatic carbocycles. The third kappa shape index (κ3) is 2.18. The van der Waals surface area contributed by atoms with Crippen molar-refractivity contribution < 1.29 is 9.84 Å². The van der Waals surface area contributed by atoms with Crippen molar-refractivity contribution in [3.63, 3.8) is 0 Å². The minimum atomic E-state index is -0.353. The SMILES string of the molecule is CC1(C)Oc2ccccc2C1Nc1ccc(O)c(Cl)c1. The van der Waals surface area contributed by atoms with Gasteiger partial charge in [-0.2, -0.15) is 0 Å². The Hall–Kier alpha value is -1.87. The summed E-state index contributed by atoms with van der Waals surface area (Å²) in [4.78, 5) is 0. The van der Waals surface area contributed by atoms with E-state index in [-0.39, 0.29) is 17.4 Å². The van der Waals surface area contributed by atoms with E-state index in [9.17, 15) is 5.11 Å². The van der Waals surface area contributed by atoms with Gasteiger partial charge in [0.2, 0.25) is 0 Å². The van der Waals surface area contributed by atoms with Gasteiger partial charge in [-0.15, -0.1) is 0 Å². The van der Waals surface area contributed by atoms with Crippen LogP contribution in [0, 0.1) is 0 Å². The Morgan fingerprint density at radius 2 is 1.95 bits per heavy atom. The first kappa shape index (κ1) is 13.1. The molecule has 2 aromatic rings. The van der Waals surface area contributed by atoms with Gasteiger partial charge in [0.05, 0.1) is 11.1 Å². The topological polar surface area (TPSA) is 41.5 Å². The molecule has 1 aliphatic heterocycles. The van der Waals surface area contributed by atoms with Crippen molar-refractivity contribution in [2.45, 2.75) is 25.5 Å². The molecule has 4 heteroatoms. The number of aromatic hydroxyl groups is 1. The molecule has 1 heterocycles. The Kier molecular flexibility index (Phi) is 3.02. The third-order valence-electron chi connectivity index (χ3n) is 3.56. The molecule has 0 radical (unpaired) electrons. The molecular formula is C16H16ClNO2. The van der Waals surface area contributed by atoms with Crippen LogP contribution in [0.1, 0.15) is 25.5 Å². The molecule has 1 unspecified atom stereocenters. The first-order valence-corrected chi connectivity index (χ1v) is 6.88. The number of halogens is 1. The fourth-order valence-corrected chi connectivity index (χ4v) is 2.72. The predicted octanol–water partition coefficient (Wildman–Crippen LogP) is 4.37. The fourth-order valence-electron chi connectivity index (χ4n) is 2.54. The van der Waals surface area contributed by atoms with Crippen molar-refractivity contribution in [1.82, 2.24) is 0 Å². The highest BCUT2D eigenvalue weighted by Gasteiger charge is 2.40. The molecule has 0 spiro atoms. The molecular weight excluding hydrogens is 274 g/mol. The first-order valence-electron chi connectivity index (χ1n) is 6.50. The Labute approximate surface area is 123 Å². The smallest absolute Gasteiger partial charge is 0.134 e. The minimum absolute atomic E-state index is 0.0271. The van der Waals surface area contributed by atoms with Gasteiger partial charge in [-0.05, 0) is 38.1 Å². The Morgan fingerprint density at radius 1 is 1.20 bits per heavy atom. The van der Waals surface area contributed by atoms with Gasteiger partial charge in [0.1, 0.15) is 17.1 Å². The highest BCUT2D eigenvalue weighted by Crippen LogP contribution is 2.44. The highest BCUT2D eigenvalue weighted by molar-refractivity contribution is 6.32. The molecule has 1 atom stereocenters. The van der Waals surface area contributed by atoms with Crippen LogP contribution >= 0.6 is 11.6 Å². The monoisotopic (exact) mass is 289 g/mol. The van der Waals surface area contributed by atoms with Crippen LogP contribution in [0.2, 0.25) is 5.02 Å². The van der Waals surface area contributed by atoms with E-state index in [1.54, 1.807) is 18.2 Å². The normalized spacial score (nSPS) is 19.2. The van der Waals surface area contributed by atoms with Crippen molar-refractivity contribution in [2.75, 3.05) is 5.32 Å². The van der Waals surface area contributed by atoms with Crippen LogP contribution in [0.15, 0.2) is 42.5 Å². The van der Waals surface area contributed by atoms with Crippen molar-refractivity contribution in [3.05, 3.63) is 53.1 Å². The largest absolute Gasteiger partial charge is 0.506 e. The lowest BCUT2D eigenvalue weighted by molar-refractivity contribution is 0.118. The summed E-state index contributed by atoms with van der Waals surface area (Å²) < 4.78 is 5.99. The van der Waals surface area contributed by atoms with E-state index in [0.29, 0.717) is 5.02 Å². The Balaban J connectivity index is 1.94. The molecule has 20 heavy (non-hydrogen) atoms. The number of nitrogens with one attached hydrogen (secondary N) is 1. The molecule has 3 rings (SSSR count). The van der Waals surface area contributed by atoms with E-state index < -0.39 is 0 Å². The van der Waals surface area contributed by atoms with Crippen LogP contribution in [0.3, 0.4) is 0 Å². The number of rotatable bonds is 2. The molecule has 1 aliphatic rings.